The third-order valence-corrected chi connectivity index (χ3v) is 3.22. The molecule has 2 rings (SSSR count). The van der Waals surface area contributed by atoms with E-state index in [4.69, 9.17) is 11.6 Å². The zero-order valence-corrected chi connectivity index (χ0v) is 12.1. The standard InChI is InChI=1S/C16H19ClN2/c1-12-6-7-13(2)16(10-12)19-9-8-18-15-5-3-4-14(17)11-15/h3-7,10-11,18-19H,8-9H2,1-2H3. The van der Waals surface area contributed by atoms with Gasteiger partial charge in [-0.1, -0.05) is 29.8 Å². The van der Waals surface area contributed by atoms with E-state index >= 15 is 0 Å². The maximum Gasteiger partial charge on any atom is 0.0426 e. The number of rotatable bonds is 5. The van der Waals surface area contributed by atoms with Gasteiger partial charge in [0.2, 0.25) is 0 Å². The van der Waals surface area contributed by atoms with Crippen LogP contribution in [0.4, 0.5) is 11.4 Å². The maximum absolute atomic E-state index is 5.94. The summed E-state index contributed by atoms with van der Waals surface area (Å²) in [5.41, 5.74) is 4.80. The van der Waals surface area contributed by atoms with Gasteiger partial charge >= 0.3 is 0 Å². The predicted octanol–water partition coefficient (Wildman–Crippen LogP) is 4.48. The lowest BCUT2D eigenvalue weighted by Gasteiger charge is -2.12. The van der Waals surface area contributed by atoms with Crippen molar-refractivity contribution in [2.45, 2.75) is 13.8 Å². The minimum atomic E-state index is 0.757. The lowest BCUT2D eigenvalue weighted by atomic mass is 10.1. The Morgan fingerprint density at radius 1 is 0.947 bits per heavy atom. The van der Waals surface area contributed by atoms with Gasteiger partial charge in [-0.3, -0.25) is 0 Å². The molecule has 0 fully saturated rings. The molecule has 0 unspecified atom stereocenters. The molecule has 0 atom stereocenters. The van der Waals surface area contributed by atoms with Gasteiger partial charge in [0, 0.05) is 29.5 Å². The Morgan fingerprint density at radius 2 is 1.74 bits per heavy atom. The van der Waals surface area contributed by atoms with Gasteiger partial charge in [-0.05, 0) is 49.2 Å². The Kier molecular flexibility index (Phi) is 4.69. The first kappa shape index (κ1) is 13.8. The summed E-state index contributed by atoms with van der Waals surface area (Å²) < 4.78 is 0. The first-order valence-corrected chi connectivity index (χ1v) is 6.83. The Hall–Kier alpha value is -1.67. The van der Waals surface area contributed by atoms with Gasteiger partial charge < -0.3 is 10.6 Å². The van der Waals surface area contributed by atoms with Crippen molar-refractivity contribution < 1.29 is 0 Å². The minimum absolute atomic E-state index is 0.757. The van der Waals surface area contributed by atoms with Crippen LogP contribution in [0.1, 0.15) is 11.1 Å². The first-order chi connectivity index (χ1) is 9.15. The Balaban J connectivity index is 1.82. The van der Waals surface area contributed by atoms with E-state index in [0.717, 1.165) is 23.8 Å². The van der Waals surface area contributed by atoms with E-state index in [9.17, 15) is 0 Å². The fourth-order valence-electron chi connectivity index (χ4n) is 1.93. The molecule has 19 heavy (non-hydrogen) atoms. The Labute approximate surface area is 119 Å². The summed E-state index contributed by atoms with van der Waals surface area (Å²) in [6, 6.07) is 14.2. The van der Waals surface area contributed by atoms with Crippen molar-refractivity contribution in [1.29, 1.82) is 0 Å². The largest absolute Gasteiger partial charge is 0.383 e. The smallest absolute Gasteiger partial charge is 0.0426 e. The number of hydrogen-bond donors (Lipinski definition) is 2. The highest BCUT2D eigenvalue weighted by atomic mass is 35.5. The second-order valence-electron chi connectivity index (χ2n) is 4.68. The predicted molar refractivity (Wildman–Crippen MR) is 84.3 cm³/mol. The van der Waals surface area contributed by atoms with Crippen molar-refractivity contribution in [2.24, 2.45) is 0 Å². The summed E-state index contributed by atoms with van der Waals surface area (Å²) in [4.78, 5) is 0. The molecule has 100 valence electrons. The summed E-state index contributed by atoms with van der Waals surface area (Å²) in [7, 11) is 0. The number of nitrogens with one attached hydrogen (secondary N) is 2. The van der Waals surface area contributed by atoms with Crippen molar-refractivity contribution >= 4 is 23.0 Å². The van der Waals surface area contributed by atoms with Gasteiger partial charge in [-0.25, -0.2) is 0 Å². The first-order valence-electron chi connectivity index (χ1n) is 6.46. The lowest BCUT2D eigenvalue weighted by Crippen LogP contribution is -2.14. The number of hydrogen-bond acceptors (Lipinski definition) is 2. The maximum atomic E-state index is 5.94. The van der Waals surface area contributed by atoms with Crippen LogP contribution in [0, 0.1) is 13.8 Å². The van der Waals surface area contributed by atoms with Crippen molar-refractivity contribution in [2.75, 3.05) is 23.7 Å². The van der Waals surface area contributed by atoms with Gasteiger partial charge in [0.15, 0.2) is 0 Å². The average molecular weight is 275 g/mol. The highest BCUT2D eigenvalue weighted by molar-refractivity contribution is 6.30. The Bertz CT molecular complexity index is 552. The molecule has 2 nitrogen and oxygen atoms in total. The fourth-order valence-corrected chi connectivity index (χ4v) is 2.12. The number of benzene rings is 2. The van der Waals surface area contributed by atoms with Gasteiger partial charge in [0.05, 0.1) is 0 Å². The number of aryl methyl sites for hydroxylation is 2. The Morgan fingerprint density at radius 3 is 2.53 bits per heavy atom. The van der Waals surface area contributed by atoms with E-state index in [1.807, 2.05) is 24.3 Å². The molecule has 0 bridgehead atoms. The molecule has 0 saturated heterocycles. The zero-order chi connectivity index (χ0) is 13.7. The lowest BCUT2D eigenvalue weighted by molar-refractivity contribution is 1.07. The normalized spacial score (nSPS) is 10.3. The van der Waals surface area contributed by atoms with Gasteiger partial charge in [0.25, 0.3) is 0 Å². The molecule has 0 aromatic heterocycles. The molecule has 0 spiro atoms. The zero-order valence-electron chi connectivity index (χ0n) is 11.3. The fraction of sp³-hybridized carbons (Fsp3) is 0.250. The second kappa shape index (κ2) is 6.48. The van der Waals surface area contributed by atoms with Crippen LogP contribution in [-0.2, 0) is 0 Å². The van der Waals surface area contributed by atoms with Crippen molar-refractivity contribution in [3.05, 3.63) is 58.6 Å². The molecule has 2 N–H and O–H groups in total. The van der Waals surface area contributed by atoms with E-state index in [-0.39, 0.29) is 0 Å². The molecule has 0 aliphatic heterocycles. The molecule has 0 heterocycles. The monoisotopic (exact) mass is 274 g/mol. The van der Waals surface area contributed by atoms with Gasteiger partial charge in [-0.15, -0.1) is 0 Å². The molecule has 0 saturated carbocycles. The van der Waals surface area contributed by atoms with Crippen molar-refractivity contribution in [1.82, 2.24) is 0 Å². The highest BCUT2D eigenvalue weighted by Gasteiger charge is 1.98. The summed E-state index contributed by atoms with van der Waals surface area (Å²) in [5.74, 6) is 0. The van der Waals surface area contributed by atoms with Crippen LogP contribution in [0.3, 0.4) is 0 Å². The minimum Gasteiger partial charge on any atom is -0.383 e. The van der Waals surface area contributed by atoms with E-state index in [2.05, 4.69) is 42.7 Å². The third-order valence-electron chi connectivity index (χ3n) is 2.99. The van der Waals surface area contributed by atoms with Crippen LogP contribution in [0.2, 0.25) is 5.02 Å². The molecule has 2 aromatic carbocycles. The van der Waals surface area contributed by atoms with Crippen LogP contribution in [0.5, 0.6) is 0 Å². The molecule has 0 aliphatic rings. The number of anilines is 2. The second-order valence-corrected chi connectivity index (χ2v) is 5.12. The van der Waals surface area contributed by atoms with E-state index in [1.165, 1.54) is 16.8 Å². The van der Waals surface area contributed by atoms with Crippen LogP contribution >= 0.6 is 11.6 Å². The van der Waals surface area contributed by atoms with Crippen molar-refractivity contribution in [3.63, 3.8) is 0 Å². The molecule has 0 aliphatic carbocycles. The molecular formula is C16H19ClN2. The summed E-state index contributed by atoms with van der Waals surface area (Å²) in [6.45, 7) is 5.95. The topological polar surface area (TPSA) is 24.1 Å². The summed E-state index contributed by atoms with van der Waals surface area (Å²) >= 11 is 5.94. The summed E-state index contributed by atoms with van der Waals surface area (Å²) in [6.07, 6.45) is 0. The van der Waals surface area contributed by atoms with Crippen molar-refractivity contribution in [3.8, 4) is 0 Å². The van der Waals surface area contributed by atoms with Gasteiger partial charge in [0.1, 0.15) is 0 Å². The van der Waals surface area contributed by atoms with Crippen LogP contribution in [0.15, 0.2) is 42.5 Å². The van der Waals surface area contributed by atoms with Crippen LogP contribution < -0.4 is 10.6 Å². The van der Waals surface area contributed by atoms with E-state index < -0.39 is 0 Å². The highest BCUT2D eigenvalue weighted by Crippen LogP contribution is 2.16. The average Bonchev–Trinajstić information content (AvgIpc) is 2.39. The van der Waals surface area contributed by atoms with Gasteiger partial charge in [-0.2, -0.15) is 0 Å². The van der Waals surface area contributed by atoms with E-state index in [0.29, 0.717) is 0 Å². The molecule has 2 aromatic rings. The van der Waals surface area contributed by atoms with Crippen LogP contribution in [-0.4, -0.2) is 13.1 Å². The van der Waals surface area contributed by atoms with E-state index in [1.54, 1.807) is 0 Å². The summed E-state index contributed by atoms with van der Waals surface area (Å²) in [5, 5.41) is 7.54. The SMILES string of the molecule is Cc1ccc(C)c(NCCNc2cccc(Cl)c2)c1. The molecule has 0 amide bonds. The quantitative estimate of drug-likeness (QED) is 0.786. The van der Waals surface area contributed by atoms with Crippen LogP contribution in [0.25, 0.3) is 0 Å². The molecule has 0 radical (unpaired) electrons. The molecular weight excluding hydrogens is 256 g/mol. The third kappa shape index (κ3) is 4.18. The number of halogens is 1. The molecule has 3 heteroatoms.